The van der Waals surface area contributed by atoms with Gasteiger partial charge in [-0.15, -0.1) is 0 Å². The minimum atomic E-state index is -0.466. The van der Waals surface area contributed by atoms with E-state index in [0.717, 1.165) is 0 Å². The quantitative estimate of drug-likeness (QED) is 0.495. The van der Waals surface area contributed by atoms with Crippen molar-refractivity contribution in [2.75, 3.05) is 6.61 Å². The van der Waals surface area contributed by atoms with Crippen LogP contribution in [0, 0.1) is 0 Å². The highest BCUT2D eigenvalue weighted by Gasteiger charge is 2.09. The molecule has 0 bridgehead atoms. The zero-order chi connectivity index (χ0) is 9.68. The Balaban J connectivity index is 2.67. The van der Waals surface area contributed by atoms with Gasteiger partial charge in [0, 0.05) is 6.20 Å². The van der Waals surface area contributed by atoms with Gasteiger partial charge >= 0.3 is 5.97 Å². The van der Waals surface area contributed by atoms with Gasteiger partial charge in [0.05, 0.1) is 13.2 Å². The van der Waals surface area contributed by atoms with Crippen LogP contribution in [0.4, 0.5) is 0 Å². The predicted octanol–water partition coefficient (Wildman–Crippen LogP) is 0.259. The number of ether oxygens (including phenoxy) is 1. The van der Waals surface area contributed by atoms with Gasteiger partial charge in [-0.1, -0.05) is 0 Å². The summed E-state index contributed by atoms with van der Waals surface area (Å²) in [6.45, 7) is 2.19. The Kier molecular flexibility index (Phi) is 3.19. The molecular formula is C8H10N2O3. The molecule has 0 aliphatic heterocycles. The first-order valence-electron chi connectivity index (χ1n) is 3.92. The number of aromatic nitrogens is 2. The Bertz CT molecular complexity index is 306. The van der Waals surface area contributed by atoms with Crippen molar-refractivity contribution in [3.05, 3.63) is 18.0 Å². The van der Waals surface area contributed by atoms with Crippen LogP contribution in [0.1, 0.15) is 17.4 Å². The smallest absolute Gasteiger partial charge is 0.358 e. The fraction of sp³-hybridized carbons (Fsp3) is 0.375. The minimum Gasteiger partial charge on any atom is -0.461 e. The normalized spacial score (nSPS) is 9.62. The standard InChI is InChI=1S/C8H10N2O3/c1-2-13-8(12)7-3-4-10(9-7)5-6-11/h3-4,6H,2,5H2,1H3. The maximum absolute atomic E-state index is 11.1. The van der Waals surface area contributed by atoms with E-state index in [-0.39, 0.29) is 12.2 Å². The van der Waals surface area contributed by atoms with E-state index >= 15 is 0 Å². The molecule has 0 fully saturated rings. The third kappa shape index (κ3) is 2.40. The van der Waals surface area contributed by atoms with Gasteiger partial charge in [-0.3, -0.25) is 4.68 Å². The lowest BCUT2D eigenvalue weighted by molar-refractivity contribution is -0.108. The van der Waals surface area contributed by atoms with Crippen molar-refractivity contribution in [3.8, 4) is 0 Å². The Morgan fingerprint density at radius 3 is 3.15 bits per heavy atom. The van der Waals surface area contributed by atoms with Crippen molar-refractivity contribution in [1.82, 2.24) is 9.78 Å². The summed E-state index contributed by atoms with van der Waals surface area (Å²) in [5, 5.41) is 3.83. The molecule has 0 atom stereocenters. The van der Waals surface area contributed by atoms with Crippen molar-refractivity contribution >= 4 is 12.3 Å². The van der Waals surface area contributed by atoms with E-state index < -0.39 is 5.97 Å². The first kappa shape index (κ1) is 9.44. The topological polar surface area (TPSA) is 61.2 Å². The van der Waals surface area contributed by atoms with Gasteiger partial charge in [-0.2, -0.15) is 5.10 Å². The number of esters is 1. The first-order chi connectivity index (χ1) is 6.27. The largest absolute Gasteiger partial charge is 0.461 e. The van der Waals surface area contributed by atoms with E-state index in [9.17, 15) is 9.59 Å². The maximum Gasteiger partial charge on any atom is 0.358 e. The molecule has 5 nitrogen and oxygen atoms in total. The molecule has 0 saturated carbocycles. The van der Waals surface area contributed by atoms with Gasteiger partial charge in [0.1, 0.15) is 6.29 Å². The number of aldehydes is 1. The number of carbonyl (C=O) groups is 2. The van der Waals surface area contributed by atoms with E-state index in [1.165, 1.54) is 10.7 Å². The van der Waals surface area contributed by atoms with Crippen LogP contribution in [-0.4, -0.2) is 28.6 Å². The second-order valence-corrected chi connectivity index (χ2v) is 2.31. The summed E-state index contributed by atoms with van der Waals surface area (Å²) in [4.78, 5) is 21.2. The lowest BCUT2D eigenvalue weighted by Gasteiger charge is -1.96. The Morgan fingerprint density at radius 2 is 2.54 bits per heavy atom. The zero-order valence-corrected chi connectivity index (χ0v) is 7.27. The van der Waals surface area contributed by atoms with Gasteiger partial charge in [-0.05, 0) is 13.0 Å². The molecule has 0 saturated heterocycles. The summed E-state index contributed by atoms with van der Waals surface area (Å²) >= 11 is 0. The highest BCUT2D eigenvalue weighted by molar-refractivity contribution is 5.87. The number of nitrogens with zero attached hydrogens (tertiary/aromatic N) is 2. The van der Waals surface area contributed by atoms with Crippen LogP contribution in [0.25, 0.3) is 0 Å². The molecule has 0 unspecified atom stereocenters. The molecule has 1 rings (SSSR count). The summed E-state index contributed by atoms with van der Waals surface area (Å²) in [5.74, 6) is -0.466. The lowest BCUT2D eigenvalue weighted by Crippen LogP contribution is -2.07. The highest BCUT2D eigenvalue weighted by Crippen LogP contribution is 1.97. The molecule has 0 aliphatic rings. The third-order valence-electron chi connectivity index (χ3n) is 1.39. The molecule has 0 radical (unpaired) electrons. The number of carbonyl (C=O) groups excluding carboxylic acids is 2. The Hall–Kier alpha value is -1.65. The van der Waals surface area contributed by atoms with Crippen LogP contribution < -0.4 is 0 Å². The van der Waals surface area contributed by atoms with Crippen LogP contribution in [-0.2, 0) is 16.1 Å². The van der Waals surface area contributed by atoms with Gasteiger partial charge in [0.15, 0.2) is 5.69 Å². The zero-order valence-electron chi connectivity index (χ0n) is 7.27. The molecule has 1 aromatic heterocycles. The summed E-state index contributed by atoms with van der Waals surface area (Å²) in [5.41, 5.74) is 0.226. The average molecular weight is 182 g/mol. The van der Waals surface area contributed by atoms with E-state index in [0.29, 0.717) is 12.9 Å². The van der Waals surface area contributed by atoms with E-state index in [2.05, 4.69) is 5.10 Å². The Labute approximate surface area is 75.3 Å². The molecule has 0 N–H and O–H groups in total. The van der Waals surface area contributed by atoms with Gasteiger partial charge in [0.2, 0.25) is 0 Å². The maximum atomic E-state index is 11.1. The fourth-order valence-corrected chi connectivity index (χ4v) is 0.854. The second-order valence-electron chi connectivity index (χ2n) is 2.31. The predicted molar refractivity (Wildman–Crippen MR) is 44.2 cm³/mol. The highest BCUT2D eigenvalue weighted by atomic mass is 16.5. The molecule has 0 aliphatic carbocycles. The summed E-state index contributed by atoms with van der Waals surface area (Å²) < 4.78 is 6.09. The monoisotopic (exact) mass is 182 g/mol. The van der Waals surface area contributed by atoms with E-state index in [4.69, 9.17) is 4.74 Å². The van der Waals surface area contributed by atoms with E-state index in [1.54, 1.807) is 13.1 Å². The van der Waals surface area contributed by atoms with Crippen LogP contribution in [0.2, 0.25) is 0 Å². The van der Waals surface area contributed by atoms with Gasteiger partial charge in [0.25, 0.3) is 0 Å². The molecule has 1 aromatic rings. The lowest BCUT2D eigenvalue weighted by atomic mass is 10.4. The fourth-order valence-electron chi connectivity index (χ4n) is 0.854. The van der Waals surface area contributed by atoms with Crippen LogP contribution in [0.5, 0.6) is 0 Å². The number of hydrogen-bond donors (Lipinski definition) is 0. The first-order valence-corrected chi connectivity index (χ1v) is 3.92. The van der Waals surface area contributed by atoms with E-state index in [1.807, 2.05) is 0 Å². The van der Waals surface area contributed by atoms with Crippen molar-refractivity contribution in [1.29, 1.82) is 0 Å². The SMILES string of the molecule is CCOC(=O)c1ccn(CC=O)n1. The molecule has 0 spiro atoms. The average Bonchev–Trinajstić information content (AvgIpc) is 2.54. The molecule has 0 amide bonds. The minimum absolute atomic E-state index is 0.152. The van der Waals surface area contributed by atoms with Crippen LogP contribution in [0.15, 0.2) is 12.3 Å². The van der Waals surface area contributed by atoms with Crippen LogP contribution >= 0.6 is 0 Å². The third-order valence-corrected chi connectivity index (χ3v) is 1.39. The molecule has 1 heterocycles. The van der Waals surface area contributed by atoms with Gasteiger partial charge in [-0.25, -0.2) is 4.79 Å². The number of rotatable bonds is 4. The number of hydrogen-bond acceptors (Lipinski definition) is 4. The molecule has 13 heavy (non-hydrogen) atoms. The Morgan fingerprint density at radius 1 is 1.77 bits per heavy atom. The molecule has 5 heteroatoms. The molecule has 70 valence electrons. The van der Waals surface area contributed by atoms with Crippen molar-refractivity contribution in [2.45, 2.75) is 13.5 Å². The molecule has 0 aromatic carbocycles. The van der Waals surface area contributed by atoms with Crippen molar-refractivity contribution < 1.29 is 14.3 Å². The van der Waals surface area contributed by atoms with Crippen molar-refractivity contribution in [2.24, 2.45) is 0 Å². The second kappa shape index (κ2) is 4.39. The van der Waals surface area contributed by atoms with Crippen molar-refractivity contribution in [3.63, 3.8) is 0 Å². The molecular weight excluding hydrogens is 172 g/mol. The summed E-state index contributed by atoms with van der Waals surface area (Å²) in [7, 11) is 0. The summed E-state index contributed by atoms with van der Waals surface area (Å²) in [6, 6.07) is 1.52. The van der Waals surface area contributed by atoms with Gasteiger partial charge < -0.3 is 9.53 Å². The summed E-state index contributed by atoms with van der Waals surface area (Å²) in [6.07, 6.45) is 2.27. The van der Waals surface area contributed by atoms with Crippen LogP contribution in [0.3, 0.4) is 0 Å².